The molecule has 0 aliphatic heterocycles. The number of carbonyl (C=O) groups excluding carboxylic acids is 1. The summed E-state index contributed by atoms with van der Waals surface area (Å²) < 4.78 is 9.80. The lowest BCUT2D eigenvalue weighted by molar-refractivity contribution is -0.137. The zero-order valence-corrected chi connectivity index (χ0v) is 10.7. The summed E-state index contributed by atoms with van der Waals surface area (Å²) in [5.41, 5.74) is 5.50. The lowest BCUT2D eigenvalue weighted by atomic mass is 10.5. The van der Waals surface area contributed by atoms with Crippen LogP contribution in [0.1, 0.15) is 13.8 Å². The molecule has 0 radical (unpaired) electrons. The van der Waals surface area contributed by atoms with E-state index in [1.807, 2.05) is 13.8 Å². The lowest BCUT2D eigenvalue weighted by Crippen LogP contribution is -2.11. The van der Waals surface area contributed by atoms with Crippen molar-refractivity contribution in [3.05, 3.63) is 0 Å². The Morgan fingerprint density at radius 3 is 2.71 bits per heavy atom. The molecule has 0 aromatic carbocycles. The minimum atomic E-state index is -0.361. The van der Waals surface area contributed by atoms with Gasteiger partial charge in [-0.2, -0.15) is 15.0 Å². The predicted molar refractivity (Wildman–Crippen MR) is 62.7 cm³/mol. The molecule has 2 N–H and O–H groups in total. The van der Waals surface area contributed by atoms with Crippen molar-refractivity contribution in [1.29, 1.82) is 0 Å². The molecule has 0 spiro atoms. The van der Waals surface area contributed by atoms with Gasteiger partial charge in [-0.05, 0) is 13.8 Å². The summed E-state index contributed by atoms with van der Waals surface area (Å²) >= 11 is 1.11. The highest BCUT2D eigenvalue weighted by molar-refractivity contribution is 7.99. The normalized spacial score (nSPS) is 10.4. The van der Waals surface area contributed by atoms with Crippen molar-refractivity contribution in [1.82, 2.24) is 15.0 Å². The molecule has 1 rings (SSSR count). The van der Waals surface area contributed by atoms with E-state index in [1.165, 1.54) is 7.11 Å². The summed E-state index contributed by atoms with van der Waals surface area (Å²) in [6.07, 6.45) is -0.0599. The molecule has 1 heterocycles. The van der Waals surface area contributed by atoms with Crippen LogP contribution in [0.3, 0.4) is 0 Å². The van der Waals surface area contributed by atoms with Gasteiger partial charge in [-0.1, -0.05) is 11.8 Å². The summed E-state index contributed by atoms with van der Waals surface area (Å²) in [5, 5.41) is 0.332. The second-order valence-corrected chi connectivity index (χ2v) is 4.23. The van der Waals surface area contributed by atoms with Crippen LogP contribution in [0.5, 0.6) is 6.01 Å². The summed E-state index contributed by atoms with van der Waals surface area (Å²) in [7, 11) is 1.32. The van der Waals surface area contributed by atoms with Crippen LogP contribution in [-0.2, 0) is 9.53 Å². The minimum Gasteiger partial charge on any atom is -0.468 e. The van der Waals surface area contributed by atoms with E-state index in [0.717, 1.165) is 11.8 Å². The van der Waals surface area contributed by atoms with E-state index in [4.69, 9.17) is 10.5 Å². The predicted octanol–water partition coefficient (Wildman–Crippen LogP) is 0.506. The number of aromatic nitrogens is 3. The molecule has 1 aromatic rings. The zero-order valence-electron chi connectivity index (χ0n) is 9.84. The topological polar surface area (TPSA) is 100 Å². The third-order valence-electron chi connectivity index (χ3n) is 1.50. The molecule has 0 unspecified atom stereocenters. The fraction of sp³-hybridized carbons (Fsp3) is 0.556. The van der Waals surface area contributed by atoms with E-state index in [-0.39, 0.29) is 29.8 Å². The van der Waals surface area contributed by atoms with Gasteiger partial charge < -0.3 is 15.2 Å². The highest BCUT2D eigenvalue weighted by Crippen LogP contribution is 2.17. The van der Waals surface area contributed by atoms with E-state index in [9.17, 15) is 4.79 Å². The van der Waals surface area contributed by atoms with Crippen molar-refractivity contribution in [2.75, 3.05) is 18.6 Å². The van der Waals surface area contributed by atoms with Crippen molar-refractivity contribution in [2.45, 2.75) is 25.1 Å². The van der Waals surface area contributed by atoms with E-state index < -0.39 is 0 Å². The number of rotatable bonds is 5. The second kappa shape index (κ2) is 6.24. The first kappa shape index (κ1) is 13.5. The maximum absolute atomic E-state index is 11.0. The molecule has 8 heteroatoms. The molecule has 0 bridgehead atoms. The highest BCUT2D eigenvalue weighted by atomic mass is 32.2. The molecule has 1 aromatic heterocycles. The number of carbonyl (C=O) groups is 1. The summed E-state index contributed by atoms with van der Waals surface area (Å²) in [6.45, 7) is 3.70. The van der Waals surface area contributed by atoms with Gasteiger partial charge in [0, 0.05) is 0 Å². The fourth-order valence-corrected chi connectivity index (χ4v) is 1.53. The third kappa shape index (κ3) is 4.85. The number of esters is 1. The van der Waals surface area contributed by atoms with E-state index in [2.05, 4.69) is 19.7 Å². The summed E-state index contributed by atoms with van der Waals surface area (Å²) in [6, 6.07) is 0.153. The Balaban J connectivity index is 2.71. The van der Waals surface area contributed by atoms with Gasteiger partial charge in [0.1, 0.15) is 0 Å². The Bertz CT molecular complexity index is 400. The molecule has 0 fully saturated rings. The van der Waals surface area contributed by atoms with E-state index in [1.54, 1.807) is 0 Å². The van der Waals surface area contributed by atoms with Crippen LogP contribution in [0.25, 0.3) is 0 Å². The molecule has 0 aliphatic carbocycles. The minimum absolute atomic E-state index is 0.0583. The number of nitrogens with two attached hydrogens (primary N) is 1. The highest BCUT2D eigenvalue weighted by Gasteiger charge is 2.09. The summed E-state index contributed by atoms with van der Waals surface area (Å²) in [5.74, 6) is -0.190. The Labute approximate surface area is 103 Å². The van der Waals surface area contributed by atoms with Gasteiger partial charge in [0.25, 0.3) is 0 Å². The monoisotopic (exact) mass is 258 g/mol. The van der Waals surface area contributed by atoms with Crippen molar-refractivity contribution >= 4 is 23.7 Å². The Hall–Kier alpha value is -1.57. The fourth-order valence-electron chi connectivity index (χ4n) is 0.863. The molecule has 17 heavy (non-hydrogen) atoms. The Kier molecular flexibility index (Phi) is 4.95. The first-order valence-corrected chi connectivity index (χ1v) is 5.87. The average Bonchev–Trinajstić information content (AvgIpc) is 2.24. The molecule has 7 nitrogen and oxygen atoms in total. The largest absolute Gasteiger partial charge is 0.468 e. The van der Waals surface area contributed by atoms with Gasteiger partial charge in [-0.25, -0.2) is 0 Å². The van der Waals surface area contributed by atoms with Crippen molar-refractivity contribution < 1.29 is 14.3 Å². The summed E-state index contributed by atoms with van der Waals surface area (Å²) in [4.78, 5) is 22.7. The van der Waals surface area contributed by atoms with E-state index >= 15 is 0 Å². The van der Waals surface area contributed by atoms with Gasteiger partial charge in [0.2, 0.25) is 5.95 Å². The number of anilines is 1. The number of methoxy groups -OCH3 is 1. The standard InChI is InChI=1S/C9H14N4O3S/c1-5(2)16-8-11-7(10)12-9(13-8)17-4-6(14)15-3/h5H,4H2,1-3H3,(H2,10,11,12,13). The van der Waals surface area contributed by atoms with Crippen molar-refractivity contribution in [2.24, 2.45) is 0 Å². The number of thioether (sulfide) groups is 1. The van der Waals surface area contributed by atoms with Gasteiger partial charge in [0.05, 0.1) is 19.0 Å². The third-order valence-corrected chi connectivity index (χ3v) is 2.32. The van der Waals surface area contributed by atoms with Gasteiger partial charge >= 0.3 is 12.0 Å². The van der Waals surface area contributed by atoms with Crippen LogP contribution in [0.2, 0.25) is 0 Å². The zero-order chi connectivity index (χ0) is 12.8. The van der Waals surface area contributed by atoms with Gasteiger partial charge in [-0.3, -0.25) is 4.79 Å². The maximum atomic E-state index is 11.0. The van der Waals surface area contributed by atoms with E-state index in [0.29, 0.717) is 5.16 Å². The van der Waals surface area contributed by atoms with Crippen LogP contribution in [0, 0.1) is 0 Å². The average molecular weight is 258 g/mol. The molecule has 0 atom stereocenters. The molecule has 0 aliphatic rings. The van der Waals surface area contributed by atoms with Gasteiger partial charge in [0.15, 0.2) is 5.16 Å². The number of hydrogen-bond acceptors (Lipinski definition) is 8. The molecular weight excluding hydrogens is 244 g/mol. The van der Waals surface area contributed by atoms with Crippen LogP contribution in [-0.4, -0.2) is 39.9 Å². The van der Waals surface area contributed by atoms with Crippen LogP contribution in [0.15, 0.2) is 5.16 Å². The van der Waals surface area contributed by atoms with Crippen molar-refractivity contribution in [3.8, 4) is 6.01 Å². The van der Waals surface area contributed by atoms with Crippen molar-refractivity contribution in [3.63, 3.8) is 0 Å². The first-order valence-electron chi connectivity index (χ1n) is 4.89. The van der Waals surface area contributed by atoms with Crippen LogP contribution in [0.4, 0.5) is 5.95 Å². The second-order valence-electron chi connectivity index (χ2n) is 3.29. The van der Waals surface area contributed by atoms with Crippen LogP contribution < -0.4 is 10.5 Å². The molecule has 0 amide bonds. The quantitative estimate of drug-likeness (QED) is 0.602. The van der Waals surface area contributed by atoms with Crippen LogP contribution >= 0.6 is 11.8 Å². The Morgan fingerprint density at radius 1 is 1.41 bits per heavy atom. The molecular formula is C9H14N4O3S. The number of ether oxygens (including phenoxy) is 2. The maximum Gasteiger partial charge on any atom is 0.322 e. The lowest BCUT2D eigenvalue weighted by Gasteiger charge is -2.08. The number of nitrogens with zero attached hydrogens (tertiary/aromatic N) is 3. The molecule has 94 valence electrons. The smallest absolute Gasteiger partial charge is 0.322 e. The molecule has 0 saturated heterocycles. The Morgan fingerprint density at radius 2 is 2.12 bits per heavy atom. The number of hydrogen-bond donors (Lipinski definition) is 1. The van der Waals surface area contributed by atoms with Gasteiger partial charge in [-0.15, -0.1) is 0 Å². The first-order chi connectivity index (χ1) is 8.01. The molecule has 0 saturated carbocycles. The SMILES string of the molecule is COC(=O)CSc1nc(N)nc(OC(C)C)n1. The number of nitrogen functional groups attached to an aromatic ring is 1.